The second-order valence-electron chi connectivity index (χ2n) is 5.90. The number of rotatable bonds is 6. The van der Waals surface area contributed by atoms with Crippen LogP contribution in [-0.4, -0.2) is 40.6 Å². The van der Waals surface area contributed by atoms with Crippen LogP contribution < -0.4 is 0 Å². The maximum Gasteiger partial charge on any atom is 0.316 e. The molecule has 1 aromatic carbocycles. The first kappa shape index (κ1) is 16.8. The van der Waals surface area contributed by atoms with Gasteiger partial charge in [-0.3, -0.25) is 4.79 Å². The number of ether oxygens (including phenoxy) is 2. The summed E-state index contributed by atoms with van der Waals surface area (Å²) >= 11 is 1.39. The molecule has 0 unspecified atom stereocenters. The molecular formula is C16H22N2O3S. The Morgan fingerprint density at radius 3 is 2.73 bits per heavy atom. The Kier molecular flexibility index (Phi) is 5.47. The van der Waals surface area contributed by atoms with Crippen molar-refractivity contribution < 1.29 is 14.3 Å². The van der Waals surface area contributed by atoms with Gasteiger partial charge in [-0.05, 0) is 32.9 Å². The third-order valence-electron chi connectivity index (χ3n) is 2.88. The number of thioether (sulfide) groups is 1. The smallest absolute Gasteiger partial charge is 0.316 e. The Bertz CT molecular complexity index is 646. The number of imidazole rings is 1. The van der Waals surface area contributed by atoms with Gasteiger partial charge in [0.05, 0.1) is 23.4 Å². The van der Waals surface area contributed by atoms with Crippen molar-refractivity contribution in [1.82, 2.24) is 9.55 Å². The lowest BCUT2D eigenvalue weighted by molar-refractivity contribution is -0.151. The second kappa shape index (κ2) is 7.15. The van der Waals surface area contributed by atoms with E-state index >= 15 is 0 Å². The molecule has 2 aromatic rings. The number of para-hydroxylation sites is 2. The summed E-state index contributed by atoms with van der Waals surface area (Å²) < 4.78 is 12.6. The Hall–Kier alpha value is -1.53. The zero-order valence-electron chi connectivity index (χ0n) is 13.5. The lowest BCUT2D eigenvalue weighted by Gasteiger charge is -2.19. The number of aromatic nitrogens is 2. The lowest BCUT2D eigenvalue weighted by atomic mass is 10.2. The molecule has 0 aliphatic carbocycles. The van der Waals surface area contributed by atoms with Crippen LogP contribution in [0.2, 0.25) is 0 Å². The summed E-state index contributed by atoms with van der Waals surface area (Å²) in [5.74, 6) is 0.0102. The third kappa shape index (κ3) is 4.48. The third-order valence-corrected chi connectivity index (χ3v) is 3.83. The van der Waals surface area contributed by atoms with Gasteiger partial charge in [-0.25, -0.2) is 4.98 Å². The minimum Gasteiger partial charge on any atom is -0.459 e. The van der Waals surface area contributed by atoms with Crippen molar-refractivity contribution in [3.8, 4) is 0 Å². The molecule has 6 heteroatoms. The molecule has 0 aliphatic heterocycles. The molecular weight excluding hydrogens is 300 g/mol. The molecule has 0 radical (unpaired) electrons. The molecule has 2 rings (SSSR count). The summed E-state index contributed by atoms with van der Waals surface area (Å²) in [7, 11) is 1.67. The number of esters is 1. The van der Waals surface area contributed by atoms with Gasteiger partial charge >= 0.3 is 5.97 Å². The first-order valence-electron chi connectivity index (χ1n) is 7.19. The number of carbonyl (C=O) groups is 1. The van der Waals surface area contributed by atoms with E-state index in [4.69, 9.17) is 9.47 Å². The fraction of sp³-hybridized carbons (Fsp3) is 0.500. The molecule has 0 saturated heterocycles. The topological polar surface area (TPSA) is 53.4 Å². The van der Waals surface area contributed by atoms with Crippen LogP contribution >= 0.6 is 11.8 Å². The molecule has 0 amide bonds. The molecule has 1 heterocycles. The van der Waals surface area contributed by atoms with Gasteiger partial charge in [-0.15, -0.1) is 0 Å². The molecule has 0 spiro atoms. The molecule has 0 saturated carbocycles. The fourth-order valence-electron chi connectivity index (χ4n) is 2.06. The highest BCUT2D eigenvalue weighted by atomic mass is 32.2. The van der Waals surface area contributed by atoms with Crippen LogP contribution in [0.4, 0.5) is 0 Å². The maximum atomic E-state index is 11.9. The second-order valence-corrected chi connectivity index (χ2v) is 6.85. The zero-order chi connectivity index (χ0) is 16.2. The number of fused-ring (bicyclic) bond motifs is 1. The monoisotopic (exact) mass is 322 g/mol. The lowest BCUT2D eigenvalue weighted by Crippen LogP contribution is -2.25. The minimum absolute atomic E-state index is 0.233. The van der Waals surface area contributed by atoms with Gasteiger partial charge in [0.1, 0.15) is 5.60 Å². The van der Waals surface area contributed by atoms with Crippen molar-refractivity contribution in [2.45, 2.75) is 38.1 Å². The molecule has 1 aromatic heterocycles. The number of nitrogens with zero attached hydrogens (tertiary/aromatic N) is 2. The Balaban J connectivity index is 2.14. The first-order valence-corrected chi connectivity index (χ1v) is 8.18. The Labute approximate surface area is 135 Å². The molecule has 0 fully saturated rings. The number of hydrogen-bond donors (Lipinski definition) is 0. The number of benzene rings is 1. The average Bonchev–Trinajstić information content (AvgIpc) is 2.79. The van der Waals surface area contributed by atoms with E-state index in [-0.39, 0.29) is 11.7 Å². The van der Waals surface area contributed by atoms with E-state index in [1.165, 1.54) is 11.8 Å². The van der Waals surface area contributed by atoms with Crippen molar-refractivity contribution >= 4 is 28.8 Å². The van der Waals surface area contributed by atoms with Gasteiger partial charge in [-0.2, -0.15) is 0 Å². The maximum absolute atomic E-state index is 11.9. The van der Waals surface area contributed by atoms with Crippen LogP contribution in [-0.2, 0) is 20.8 Å². The van der Waals surface area contributed by atoms with Crippen LogP contribution in [0.15, 0.2) is 29.4 Å². The highest BCUT2D eigenvalue weighted by Crippen LogP contribution is 2.24. The zero-order valence-corrected chi connectivity index (χ0v) is 14.3. The molecule has 5 nitrogen and oxygen atoms in total. The summed E-state index contributed by atoms with van der Waals surface area (Å²) in [6, 6.07) is 7.93. The summed E-state index contributed by atoms with van der Waals surface area (Å²) in [5, 5.41) is 0.809. The van der Waals surface area contributed by atoms with Crippen LogP contribution in [0.5, 0.6) is 0 Å². The van der Waals surface area contributed by atoms with Crippen LogP contribution in [0.3, 0.4) is 0 Å². The predicted octanol–water partition coefficient (Wildman–Crippen LogP) is 3.12. The fourth-order valence-corrected chi connectivity index (χ4v) is 2.87. The van der Waals surface area contributed by atoms with Gasteiger partial charge in [0.15, 0.2) is 5.16 Å². The quantitative estimate of drug-likeness (QED) is 0.604. The highest BCUT2D eigenvalue weighted by Gasteiger charge is 2.18. The molecule has 0 N–H and O–H groups in total. The Morgan fingerprint density at radius 1 is 1.32 bits per heavy atom. The number of carbonyl (C=O) groups excluding carboxylic acids is 1. The normalized spacial score (nSPS) is 11.8. The van der Waals surface area contributed by atoms with Crippen LogP contribution in [0.25, 0.3) is 11.0 Å². The van der Waals surface area contributed by atoms with E-state index in [9.17, 15) is 4.79 Å². The summed E-state index contributed by atoms with van der Waals surface area (Å²) in [4.78, 5) is 16.5. The largest absolute Gasteiger partial charge is 0.459 e. The molecule has 0 bridgehead atoms. The molecule has 22 heavy (non-hydrogen) atoms. The average molecular weight is 322 g/mol. The van der Waals surface area contributed by atoms with Gasteiger partial charge in [-0.1, -0.05) is 23.9 Å². The SMILES string of the molecule is COCCn1c(SCC(=O)OC(C)(C)C)nc2ccccc21. The van der Waals surface area contributed by atoms with Crippen molar-refractivity contribution in [2.75, 3.05) is 19.5 Å². The number of methoxy groups -OCH3 is 1. The minimum atomic E-state index is -0.464. The van der Waals surface area contributed by atoms with Gasteiger partial charge in [0.2, 0.25) is 0 Å². The van der Waals surface area contributed by atoms with Crippen molar-refractivity contribution in [3.63, 3.8) is 0 Å². The van der Waals surface area contributed by atoms with Crippen molar-refractivity contribution in [3.05, 3.63) is 24.3 Å². The van der Waals surface area contributed by atoms with Crippen LogP contribution in [0, 0.1) is 0 Å². The number of hydrogen-bond acceptors (Lipinski definition) is 5. The van der Waals surface area contributed by atoms with Crippen LogP contribution in [0.1, 0.15) is 20.8 Å². The summed E-state index contributed by atoms with van der Waals surface area (Å²) in [5.41, 5.74) is 1.50. The van der Waals surface area contributed by atoms with Gasteiger partial charge in [0.25, 0.3) is 0 Å². The van der Waals surface area contributed by atoms with Gasteiger partial charge < -0.3 is 14.0 Å². The van der Waals surface area contributed by atoms with E-state index in [1.54, 1.807) is 7.11 Å². The summed E-state index contributed by atoms with van der Waals surface area (Å²) in [6.45, 7) is 6.89. The van der Waals surface area contributed by atoms with E-state index in [0.717, 1.165) is 16.2 Å². The predicted molar refractivity (Wildman–Crippen MR) is 88.2 cm³/mol. The first-order chi connectivity index (χ1) is 10.4. The standard InChI is InChI=1S/C16H22N2O3S/c1-16(2,3)21-14(19)11-22-15-17-12-7-5-6-8-13(12)18(15)9-10-20-4/h5-8H,9-11H2,1-4H3. The van der Waals surface area contributed by atoms with Gasteiger partial charge in [0, 0.05) is 13.7 Å². The molecule has 0 atom stereocenters. The Morgan fingerprint density at radius 2 is 2.05 bits per heavy atom. The van der Waals surface area contributed by atoms with Crippen molar-refractivity contribution in [1.29, 1.82) is 0 Å². The molecule has 0 aliphatic rings. The van der Waals surface area contributed by atoms with E-state index in [0.29, 0.717) is 13.2 Å². The summed E-state index contributed by atoms with van der Waals surface area (Å²) in [6.07, 6.45) is 0. The van der Waals surface area contributed by atoms with Crippen molar-refractivity contribution in [2.24, 2.45) is 0 Å². The highest BCUT2D eigenvalue weighted by molar-refractivity contribution is 7.99. The molecule has 120 valence electrons. The van der Waals surface area contributed by atoms with E-state index in [1.807, 2.05) is 45.0 Å². The van der Waals surface area contributed by atoms with E-state index < -0.39 is 5.60 Å². The van der Waals surface area contributed by atoms with E-state index in [2.05, 4.69) is 9.55 Å².